The Bertz CT molecular complexity index is 321. The van der Waals surface area contributed by atoms with Crippen molar-refractivity contribution in [2.45, 2.75) is 19.4 Å². The van der Waals surface area contributed by atoms with Crippen molar-refractivity contribution in [1.82, 2.24) is 4.90 Å². The number of rotatable bonds is 2. The van der Waals surface area contributed by atoms with Gasteiger partial charge in [-0.3, -0.25) is 4.90 Å². The first-order chi connectivity index (χ1) is 6.75. The van der Waals surface area contributed by atoms with Gasteiger partial charge in [0, 0.05) is 11.0 Å². The Labute approximate surface area is 92.0 Å². The summed E-state index contributed by atoms with van der Waals surface area (Å²) < 4.78 is 13.7. The number of benzene rings is 1. The van der Waals surface area contributed by atoms with E-state index < -0.39 is 0 Å². The summed E-state index contributed by atoms with van der Waals surface area (Å²) in [7, 11) is 0. The van der Waals surface area contributed by atoms with Crippen molar-refractivity contribution in [2.24, 2.45) is 0 Å². The molecule has 1 aromatic rings. The van der Waals surface area contributed by atoms with Crippen LogP contribution in [0.2, 0.25) is 0 Å². The predicted octanol–water partition coefficient (Wildman–Crippen LogP) is 3.18. The van der Waals surface area contributed by atoms with Gasteiger partial charge in [0.15, 0.2) is 0 Å². The second kappa shape index (κ2) is 4.41. The minimum absolute atomic E-state index is 0.179. The molecule has 0 spiro atoms. The lowest BCUT2D eigenvalue weighted by Crippen LogP contribution is -2.18. The third kappa shape index (κ3) is 2.34. The number of likely N-dealkylation sites (tertiary alicyclic amines) is 1. The van der Waals surface area contributed by atoms with Crippen LogP contribution in [0.5, 0.6) is 0 Å². The summed E-state index contributed by atoms with van der Waals surface area (Å²) >= 11 is 3.39. The van der Waals surface area contributed by atoms with Crippen LogP contribution in [0, 0.1) is 5.82 Å². The zero-order valence-corrected chi connectivity index (χ0v) is 9.56. The molecule has 1 nitrogen and oxygen atoms in total. The molecular weight excluding hydrogens is 245 g/mol. The van der Waals surface area contributed by atoms with Gasteiger partial charge in [-0.2, -0.15) is 0 Å². The van der Waals surface area contributed by atoms with E-state index in [2.05, 4.69) is 20.8 Å². The fourth-order valence-electron chi connectivity index (χ4n) is 1.83. The third-order valence-corrected chi connectivity index (χ3v) is 3.35. The van der Waals surface area contributed by atoms with E-state index in [4.69, 9.17) is 0 Å². The number of halogens is 2. The van der Waals surface area contributed by atoms with E-state index >= 15 is 0 Å². The van der Waals surface area contributed by atoms with Gasteiger partial charge in [-0.15, -0.1) is 0 Å². The lowest BCUT2D eigenvalue weighted by molar-refractivity contribution is 0.330. The van der Waals surface area contributed by atoms with Crippen LogP contribution in [0.15, 0.2) is 22.7 Å². The molecular formula is C11H13BrFN. The summed E-state index contributed by atoms with van der Waals surface area (Å²) in [6.07, 6.45) is 2.58. The van der Waals surface area contributed by atoms with Gasteiger partial charge in [-0.1, -0.05) is 22.0 Å². The summed E-state index contributed by atoms with van der Waals surface area (Å²) in [5.41, 5.74) is 1.17. The molecule has 0 unspecified atom stereocenters. The van der Waals surface area contributed by atoms with Crippen LogP contribution in [-0.2, 0) is 6.54 Å². The van der Waals surface area contributed by atoms with Gasteiger partial charge in [0.05, 0.1) is 0 Å². The molecule has 1 aromatic carbocycles. The molecule has 1 saturated heterocycles. The fraction of sp³-hybridized carbons (Fsp3) is 0.455. The van der Waals surface area contributed by atoms with Gasteiger partial charge in [-0.05, 0) is 43.6 Å². The van der Waals surface area contributed by atoms with Crippen molar-refractivity contribution in [1.29, 1.82) is 0 Å². The Hall–Kier alpha value is -0.410. The standard InChI is InChI=1S/C11H13BrFN/c12-11-7-10(13)4-3-9(11)8-14-5-1-2-6-14/h3-4,7H,1-2,5-6,8H2. The highest BCUT2D eigenvalue weighted by Gasteiger charge is 2.13. The van der Waals surface area contributed by atoms with Crippen LogP contribution in [0.1, 0.15) is 18.4 Å². The van der Waals surface area contributed by atoms with Gasteiger partial charge in [0.1, 0.15) is 5.82 Å². The summed E-state index contributed by atoms with van der Waals surface area (Å²) in [6.45, 7) is 3.27. The lowest BCUT2D eigenvalue weighted by Gasteiger charge is -2.15. The van der Waals surface area contributed by atoms with Gasteiger partial charge < -0.3 is 0 Å². The topological polar surface area (TPSA) is 3.24 Å². The number of hydrogen-bond acceptors (Lipinski definition) is 1. The molecule has 76 valence electrons. The maximum atomic E-state index is 12.8. The molecule has 2 rings (SSSR count). The molecule has 0 N–H and O–H groups in total. The quantitative estimate of drug-likeness (QED) is 0.787. The van der Waals surface area contributed by atoms with Crippen molar-refractivity contribution in [3.05, 3.63) is 34.1 Å². The van der Waals surface area contributed by atoms with Gasteiger partial charge in [0.2, 0.25) is 0 Å². The summed E-state index contributed by atoms with van der Waals surface area (Å²) in [5, 5.41) is 0. The molecule has 1 heterocycles. The molecule has 1 fully saturated rings. The third-order valence-electron chi connectivity index (χ3n) is 2.61. The van der Waals surface area contributed by atoms with Gasteiger partial charge >= 0.3 is 0 Å². The maximum Gasteiger partial charge on any atom is 0.124 e. The summed E-state index contributed by atoms with van der Waals surface area (Å²) in [6, 6.07) is 4.92. The largest absolute Gasteiger partial charge is 0.299 e. The van der Waals surface area contributed by atoms with E-state index in [1.54, 1.807) is 0 Å². The first kappa shape index (κ1) is 10.1. The summed E-state index contributed by atoms with van der Waals surface area (Å²) in [4.78, 5) is 2.40. The van der Waals surface area contributed by atoms with Crippen molar-refractivity contribution in [3.8, 4) is 0 Å². The molecule has 0 amide bonds. The second-order valence-corrected chi connectivity index (χ2v) is 4.57. The minimum atomic E-state index is -0.179. The highest BCUT2D eigenvalue weighted by atomic mass is 79.9. The molecule has 1 aliphatic rings. The fourth-order valence-corrected chi connectivity index (χ4v) is 2.31. The molecule has 0 saturated carbocycles. The van der Waals surface area contributed by atoms with E-state index in [-0.39, 0.29) is 5.82 Å². The normalized spacial score (nSPS) is 17.6. The first-order valence-corrected chi connectivity index (χ1v) is 5.71. The van der Waals surface area contributed by atoms with Crippen molar-refractivity contribution in [3.63, 3.8) is 0 Å². The van der Waals surface area contributed by atoms with Crippen LogP contribution in [-0.4, -0.2) is 18.0 Å². The zero-order valence-electron chi connectivity index (χ0n) is 7.97. The van der Waals surface area contributed by atoms with Crippen LogP contribution in [0.4, 0.5) is 4.39 Å². The van der Waals surface area contributed by atoms with Crippen LogP contribution in [0.3, 0.4) is 0 Å². The second-order valence-electron chi connectivity index (χ2n) is 3.72. The van der Waals surface area contributed by atoms with Crippen molar-refractivity contribution in [2.75, 3.05) is 13.1 Å². The Morgan fingerprint density at radius 3 is 2.64 bits per heavy atom. The maximum absolute atomic E-state index is 12.8. The average molecular weight is 258 g/mol. The average Bonchev–Trinajstić information content (AvgIpc) is 2.62. The molecule has 0 bridgehead atoms. The number of hydrogen-bond donors (Lipinski definition) is 0. The zero-order chi connectivity index (χ0) is 9.97. The Balaban J connectivity index is 2.08. The van der Waals surface area contributed by atoms with E-state index in [9.17, 15) is 4.39 Å². The SMILES string of the molecule is Fc1ccc(CN2CCCC2)c(Br)c1. The van der Waals surface area contributed by atoms with Crippen molar-refractivity contribution >= 4 is 15.9 Å². The van der Waals surface area contributed by atoms with E-state index in [1.807, 2.05) is 6.07 Å². The lowest BCUT2D eigenvalue weighted by atomic mass is 10.2. The Morgan fingerprint density at radius 1 is 1.29 bits per heavy atom. The van der Waals surface area contributed by atoms with Gasteiger partial charge in [-0.25, -0.2) is 4.39 Å². The number of nitrogens with zero attached hydrogens (tertiary/aromatic N) is 1. The van der Waals surface area contributed by atoms with Crippen LogP contribution >= 0.6 is 15.9 Å². The Morgan fingerprint density at radius 2 is 2.00 bits per heavy atom. The molecule has 0 aliphatic carbocycles. The predicted molar refractivity (Wildman–Crippen MR) is 58.6 cm³/mol. The first-order valence-electron chi connectivity index (χ1n) is 4.92. The molecule has 0 aromatic heterocycles. The minimum Gasteiger partial charge on any atom is -0.299 e. The van der Waals surface area contributed by atoms with Crippen LogP contribution < -0.4 is 0 Å². The molecule has 14 heavy (non-hydrogen) atoms. The molecule has 0 radical (unpaired) electrons. The van der Waals surface area contributed by atoms with E-state index in [0.29, 0.717) is 0 Å². The molecule has 3 heteroatoms. The van der Waals surface area contributed by atoms with E-state index in [0.717, 1.165) is 11.0 Å². The highest BCUT2D eigenvalue weighted by Crippen LogP contribution is 2.21. The Kier molecular flexibility index (Phi) is 3.19. The van der Waals surface area contributed by atoms with E-state index in [1.165, 1.54) is 43.6 Å². The molecule has 0 atom stereocenters. The monoisotopic (exact) mass is 257 g/mol. The van der Waals surface area contributed by atoms with Gasteiger partial charge in [0.25, 0.3) is 0 Å². The highest BCUT2D eigenvalue weighted by molar-refractivity contribution is 9.10. The van der Waals surface area contributed by atoms with Crippen molar-refractivity contribution < 1.29 is 4.39 Å². The molecule has 1 aliphatic heterocycles. The summed E-state index contributed by atoms with van der Waals surface area (Å²) in [5.74, 6) is -0.179. The smallest absolute Gasteiger partial charge is 0.124 e. The van der Waals surface area contributed by atoms with Crippen LogP contribution in [0.25, 0.3) is 0 Å².